The first-order chi connectivity index (χ1) is 13.5. The van der Waals surface area contributed by atoms with Crippen LogP contribution < -0.4 is 14.2 Å². The van der Waals surface area contributed by atoms with E-state index in [0.717, 1.165) is 23.1 Å². The van der Waals surface area contributed by atoms with E-state index in [9.17, 15) is 4.79 Å². The summed E-state index contributed by atoms with van der Waals surface area (Å²) < 4.78 is 22.7. The number of thiocarbonyl (C=S) groups is 1. The molecule has 2 aromatic rings. The van der Waals surface area contributed by atoms with E-state index in [-0.39, 0.29) is 5.75 Å². The Bertz CT molecular complexity index is 840. The van der Waals surface area contributed by atoms with Crippen molar-refractivity contribution in [3.8, 4) is 17.2 Å². The summed E-state index contributed by atoms with van der Waals surface area (Å²) in [5.74, 6) is 0.449. The summed E-state index contributed by atoms with van der Waals surface area (Å²) in [4.78, 5) is 15.3. The SMILES string of the molecule is COc1cc(C(=S)N2CCOCC2)cc(OC)c1OC(=O)c1ccc(Br)cc1. The number of nitrogens with zero attached hydrogens (tertiary/aromatic N) is 1. The molecule has 28 heavy (non-hydrogen) atoms. The molecular formula is C20H20BrNO5S. The maximum atomic E-state index is 12.5. The Morgan fingerprint density at radius 1 is 1.04 bits per heavy atom. The molecule has 0 aromatic heterocycles. The molecule has 0 unspecified atom stereocenters. The van der Waals surface area contributed by atoms with E-state index in [0.29, 0.717) is 35.3 Å². The molecule has 0 bridgehead atoms. The second-order valence-corrected chi connectivity index (χ2v) is 7.31. The molecule has 0 aliphatic carbocycles. The molecule has 0 atom stereocenters. The van der Waals surface area contributed by atoms with Crippen molar-refractivity contribution in [2.75, 3.05) is 40.5 Å². The van der Waals surface area contributed by atoms with E-state index in [1.54, 1.807) is 36.4 Å². The number of hydrogen-bond donors (Lipinski definition) is 0. The number of hydrogen-bond acceptors (Lipinski definition) is 6. The number of carbonyl (C=O) groups excluding carboxylic acids is 1. The number of benzene rings is 2. The second-order valence-electron chi connectivity index (χ2n) is 6.01. The zero-order chi connectivity index (χ0) is 20.1. The average molecular weight is 466 g/mol. The van der Waals surface area contributed by atoms with Gasteiger partial charge in [-0.3, -0.25) is 0 Å². The first-order valence-corrected chi connectivity index (χ1v) is 9.84. The fraction of sp³-hybridized carbons (Fsp3) is 0.300. The van der Waals surface area contributed by atoms with Crippen molar-refractivity contribution in [2.45, 2.75) is 0 Å². The topological polar surface area (TPSA) is 57.2 Å². The van der Waals surface area contributed by atoms with Crippen molar-refractivity contribution < 1.29 is 23.7 Å². The Morgan fingerprint density at radius 2 is 1.61 bits per heavy atom. The molecule has 6 nitrogen and oxygen atoms in total. The van der Waals surface area contributed by atoms with Gasteiger partial charge in [0.05, 0.1) is 33.0 Å². The molecule has 1 aliphatic heterocycles. The van der Waals surface area contributed by atoms with Crippen molar-refractivity contribution in [1.82, 2.24) is 4.90 Å². The summed E-state index contributed by atoms with van der Waals surface area (Å²) in [6.07, 6.45) is 0. The highest BCUT2D eigenvalue weighted by Gasteiger charge is 2.22. The highest BCUT2D eigenvalue weighted by atomic mass is 79.9. The molecule has 0 N–H and O–H groups in total. The monoisotopic (exact) mass is 465 g/mol. The molecule has 0 saturated carbocycles. The van der Waals surface area contributed by atoms with Gasteiger partial charge in [-0.05, 0) is 36.4 Å². The Labute approximate surface area is 177 Å². The van der Waals surface area contributed by atoms with Crippen molar-refractivity contribution in [3.63, 3.8) is 0 Å². The van der Waals surface area contributed by atoms with Gasteiger partial charge in [-0.2, -0.15) is 0 Å². The molecule has 0 amide bonds. The van der Waals surface area contributed by atoms with Gasteiger partial charge in [0.1, 0.15) is 4.99 Å². The zero-order valence-electron chi connectivity index (χ0n) is 15.6. The number of morpholine rings is 1. The van der Waals surface area contributed by atoms with Crippen LogP contribution in [0.4, 0.5) is 0 Å². The van der Waals surface area contributed by atoms with Gasteiger partial charge < -0.3 is 23.8 Å². The first kappa shape index (κ1) is 20.6. The second kappa shape index (κ2) is 9.36. The number of esters is 1. The number of carbonyl (C=O) groups is 1. The van der Waals surface area contributed by atoms with E-state index in [1.165, 1.54) is 14.2 Å². The van der Waals surface area contributed by atoms with Crippen LogP contribution in [0.3, 0.4) is 0 Å². The van der Waals surface area contributed by atoms with E-state index < -0.39 is 5.97 Å². The summed E-state index contributed by atoms with van der Waals surface area (Å²) in [5.41, 5.74) is 1.18. The summed E-state index contributed by atoms with van der Waals surface area (Å²) >= 11 is 8.97. The Hall–Kier alpha value is -2.16. The number of ether oxygens (including phenoxy) is 4. The Balaban J connectivity index is 1.89. The molecule has 8 heteroatoms. The first-order valence-electron chi connectivity index (χ1n) is 8.64. The summed E-state index contributed by atoms with van der Waals surface area (Å²) in [7, 11) is 3.01. The molecule has 2 aromatic carbocycles. The van der Waals surface area contributed by atoms with Crippen LogP contribution in [-0.4, -0.2) is 56.4 Å². The quantitative estimate of drug-likeness (QED) is 0.379. The van der Waals surface area contributed by atoms with E-state index in [1.807, 2.05) is 0 Å². The van der Waals surface area contributed by atoms with Crippen molar-refractivity contribution >= 4 is 39.1 Å². The molecule has 1 saturated heterocycles. The Kier molecular flexibility index (Phi) is 6.88. The van der Waals surface area contributed by atoms with Gasteiger partial charge in [-0.15, -0.1) is 0 Å². The normalized spacial score (nSPS) is 13.8. The van der Waals surface area contributed by atoms with Gasteiger partial charge >= 0.3 is 5.97 Å². The van der Waals surface area contributed by atoms with Gasteiger partial charge in [0.2, 0.25) is 5.75 Å². The fourth-order valence-electron chi connectivity index (χ4n) is 2.79. The van der Waals surface area contributed by atoms with Crippen LogP contribution in [0.25, 0.3) is 0 Å². The van der Waals surface area contributed by atoms with E-state index in [2.05, 4.69) is 20.8 Å². The van der Waals surface area contributed by atoms with Gasteiger partial charge in [0.15, 0.2) is 11.5 Å². The third kappa shape index (κ3) is 4.63. The van der Waals surface area contributed by atoms with Crippen LogP contribution >= 0.6 is 28.1 Å². The fourth-order valence-corrected chi connectivity index (χ4v) is 3.36. The summed E-state index contributed by atoms with van der Waals surface area (Å²) in [6, 6.07) is 10.4. The van der Waals surface area contributed by atoms with Crippen molar-refractivity contribution in [1.29, 1.82) is 0 Å². The van der Waals surface area contributed by atoms with Gasteiger partial charge in [-0.25, -0.2) is 4.79 Å². The highest BCUT2D eigenvalue weighted by Crippen LogP contribution is 2.39. The largest absolute Gasteiger partial charge is 0.493 e. The van der Waals surface area contributed by atoms with E-state index in [4.69, 9.17) is 31.2 Å². The lowest BCUT2D eigenvalue weighted by Crippen LogP contribution is -2.40. The molecular weight excluding hydrogens is 446 g/mol. The lowest BCUT2D eigenvalue weighted by atomic mass is 10.1. The highest BCUT2D eigenvalue weighted by molar-refractivity contribution is 9.10. The van der Waals surface area contributed by atoms with Gasteiger partial charge in [0.25, 0.3) is 0 Å². The Morgan fingerprint density at radius 3 is 2.14 bits per heavy atom. The maximum absolute atomic E-state index is 12.5. The minimum Gasteiger partial charge on any atom is -0.493 e. The standard InChI is InChI=1S/C20H20BrNO5S/c1-24-16-11-14(19(28)22-7-9-26-10-8-22)12-17(25-2)18(16)27-20(23)13-3-5-15(21)6-4-13/h3-6,11-12H,7-10H2,1-2H3. The molecule has 1 fully saturated rings. The van der Waals surface area contributed by atoms with Crippen LogP contribution in [0.15, 0.2) is 40.9 Å². The predicted molar refractivity (Wildman–Crippen MR) is 113 cm³/mol. The number of methoxy groups -OCH3 is 2. The molecule has 0 radical (unpaired) electrons. The van der Waals surface area contributed by atoms with Crippen LogP contribution in [0, 0.1) is 0 Å². The summed E-state index contributed by atoms with van der Waals surface area (Å²) in [6.45, 7) is 2.72. The number of halogens is 1. The smallest absolute Gasteiger partial charge is 0.343 e. The minimum atomic E-state index is -0.507. The molecule has 1 heterocycles. The lowest BCUT2D eigenvalue weighted by Gasteiger charge is -2.29. The van der Waals surface area contributed by atoms with Crippen LogP contribution in [-0.2, 0) is 4.74 Å². The van der Waals surface area contributed by atoms with Gasteiger partial charge in [-0.1, -0.05) is 28.1 Å². The van der Waals surface area contributed by atoms with Crippen LogP contribution in [0.1, 0.15) is 15.9 Å². The molecule has 3 rings (SSSR count). The predicted octanol–water partition coefficient (Wildman–Crippen LogP) is 3.69. The number of rotatable bonds is 5. The van der Waals surface area contributed by atoms with Gasteiger partial charge in [0, 0.05) is 23.1 Å². The third-order valence-corrected chi connectivity index (χ3v) is 5.30. The molecule has 0 spiro atoms. The van der Waals surface area contributed by atoms with E-state index >= 15 is 0 Å². The van der Waals surface area contributed by atoms with Crippen molar-refractivity contribution in [2.24, 2.45) is 0 Å². The lowest BCUT2D eigenvalue weighted by molar-refractivity contribution is 0.0692. The van der Waals surface area contributed by atoms with Crippen molar-refractivity contribution in [3.05, 3.63) is 52.0 Å². The molecule has 148 valence electrons. The third-order valence-electron chi connectivity index (χ3n) is 4.28. The maximum Gasteiger partial charge on any atom is 0.343 e. The molecule has 1 aliphatic rings. The minimum absolute atomic E-state index is 0.214. The average Bonchev–Trinajstić information content (AvgIpc) is 2.74. The zero-order valence-corrected chi connectivity index (χ0v) is 18.0. The van der Waals surface area contributed by atoms with Crippen LogP contribution in [0.2, 0.25) is 0 Å². The summed E-state index contributed by atoms with van der Waals surface area (Å²) in [5, 5.41) is 0. The van der Waals surface area contributed by atoms with Crippen LogP contribution in [0.5, 0.6) is 17.2 Å².